The van der Waals surface area contributed by atoms with Crippen LogP contribution in [-0.4, -0.2) is 61.7 Å². The van der Waals surface area contributed by atoms with Crippen molar-refractivity contribution in [1.82, 2.24) is 9.80 Å². The summed E-state index contributed by atoms with van der Waals surface area (Å²) in [6.45, 7) is 15.7. The van der Waals surface area contributed by atoms with Crippen LogP contribution in [0, 0.1) is 5.92 Å². The predicted octanol–water partition coefficient (Wildman–Crippen LogP) is 3.20. The molecule has 1 aromatic rings. The van der Waals surface area contributed by atoms with Crippen LogP contribution in [0.2, 0.25) is 0 Å². The molecule has 4 aliphatic rings. The van der Waals surface area contributed by atoms with Crippen LogP contribution in [0.15, 0.2) is 24.3 Å². The van der Waals surface area contributed by atoms with Crippen LogP contribution in [0.5, 0.6) is 0 Å². The lowest BCUT2D eigenvalue weighted by Crippen LogP contribution is -2.61. The summed E-state index contributed by atoms with van der Waals surface area (Å²) in [5.74, 6) is 0.965. The van der Waals surface area contributed by atoms with Crippen molar-refractivity contribution in [3.63, 3.8) is 0 Å². The molecule has 24 heavy (non-hydrogen) atoms. The van der Waals surface area contributed by atoms with Gasteiger partial charge in [0.25, 0.3) is 0 Å². The Morgan fingerprint density at radius 1 is 0.833 bits per heavy atom. The molecular weight excluding hydrogens is 294 g/mol. The Balaban J connectivity index is 1.36. The Labute approximate surface area is 147 Å². The summed E-state index contributed by atoms with van der Waals surface area (Å²) in [5, 5.41) is 0. The summed E-state index contributed by atoms with van der Waals surface area (Å²) in [6, 6.07) is 10.1. The fraction of sp³-hybridized carbons (Fsp3) is 0.714. The standard InChI is InChI=1S/C21H33N3/c1-21(2,3)18-4-6-19(7-5-18)23-12-14-24(15-13-23)20-16-22-10-8-17(20)9-11-22/h4-7,17,20H,8-16H2,1-3H3. The second-order valence-corrected chi connectivity index (χ2v) is 9.03. The SMILES string of the molecule is CC(C)(C)c1ccc(N2CCN(C3CN4CCC3CC4)CC2)cc1. The van der Waals surface area contributed by atoms with Gasteiger partial charge in [-0.3, -0.25) is 4.90 Å². The number of hydrogen-bond acceptors (Lipinski definition) is 3. The van der Waals surface area contributed by atoms with Gasteiger partial charge in [0.2, 0.25) is 0 Å². The fourth-order valence-electron chi connectivity index (χ4n) is 4.83. The zero-order valence-corrected chi connectivity index (χ0v) is 15.7. The average molecular weight is 328 g/mol. The minimum atomic E-state index is 0.243. The normalized spacial score (nSPS) is 31.5. The van der Waals surface area contributed by atoms with E-state index in [-0.39, 0.29) is 5.41 Å². The number of fused-ring (bicyclic) bond motifs is 3. The molecule has 0 N–H and O–H groups in total. The Morgan fingerprint density at radius 2 is 1.46 bits per heavy atom. The van der Waals surface area contributed by atoms with E-state index < -0.39 is 0 Å². The van der Waals surface area contributed by atoms with E-state index in [1.807, 2.05) is 0 Å². The highest BCUT2D eigenvalue weighted by molar-refractivity contribution is 5.49. The molecule has 4 aliphatic heterocycles. The van der Waals surface area contributed by atoms with Crippen molar-refractivity contribution in [3.05, 3.63) is 29.8 Å². The van der Waals surface area contributed by atoms with Gasteiger partial charge in [0.15, 0.2) is 0 Å². The van der Waals surface area contributed by atoms with Crippen LogP contribution in [-0.2, 0) is 5.41 Å². The largest absolute Gasteiger partial charge is 0.369 e. The highest BCUT2D eigenvalue weighted by atomic mass is 15.3. The van der Waals surface area contributed by atoms with Crippen molar-refractivity contribution in [3.8, 4) is 0 Å². The lowest BCUT2D eigenvalue weighted by atomic mass is 9.83. The summed E-state index contributed by atoms with van der Waals surface area (Å²) in [7, 11) is 0. The molecule has 3 heteroatoms. The summed E-state index contributed by atoms with van der Waals surface area (Å²) in [4.78, 5) is 8.04. The van der Waals surface area contributed by atoms with Crippen LogP contribution in [0.1, 0.15) is 39.2 Å². The van der Waals surface area contributed by atoms with Crippen molar-refractivity contribution >= 4 is 5.69 Å². The summed E-state index contributed by atoms with van der Waals surface area (Å²) in [6.07, 6.45) is 2.86. The van der Waals surface area contributed by atoms with E-state index in [1.165, 1.54) is 69.9 Å². The van der Waals surface area contributed by atoms with E-state index in [0.717, 1.165) is 12.0 Å². The molecule has 1 aromatic carbocycles. The molecule has 1 atom stereocenters. The average Bonchev–Trinajstić information content (AvgIpc) is 2.62. The van der Waals surface area contributed by atoms with Gasteiger partial charge >= 0.3 is 0 Å². The number of hydrogen-bond donors (Lipinski definition) is 0. The Morgan fingerprint density at radius 3 is 1.96 bits per heavy atom. The number of piperidine rings is 3. The zero-order valence-electron chi connectivity index (χ0n) is 15.7. The zero-order chi connectivity index (χ0) is 16.7. The molecular formula is C21H33N3. The first-order chi connectivity index (χ1) is 11.5. The van der Waals surface area contributed by atoms with Crippen LogP contribution < -0.4 is 4.90 Å². The van der Waals surface area contributed by atoms with Gasteiger partial charge in [0.05, 0.1) is 0 Å². The number of nitrogens with zero attached hydrogens (tertiary/aromatic N) is 3. The molecule has 4 fully saturated rings. The maximum absolute atomic E-state index is 2.79. The van der Waals surface area contributed by atoms with Crippen molar-refractivity contribution in [2.45, 2.75) is 45.1 Å². The fourth-order valence-corrected chi connectivity index (χ4v) is 4.83. The first-order valence-corrected chi connectivity index (χ1v) is 9.82. The van der Waals surface area contributed by atoms with Gasteiger partial charge in [-0.25, -0.2) is 0 Å². The van der Waals surface area contributed by atoms with E-state index in [2.05, 4.69) is 59.7 Å². The minimum Gasteiger partial charge on any atom is -0.369 e. The van der Waals surface area contributed by atoms with Crippen molar-refractivity contribution < 1.29 is 0 Å². The maximum atomic E-state index is 2.79. The number of benzene rings is 1. The van der Waals surface area contributed by atoms with Gasteiger partial charge in [0, 0.05) is 44.5 Å². The molecule has 5 rings (SSSR count). The third-order valence-corrected chi connectivity index (χ3v) is 6.50. The third kappa shape index (κ3) is 3.21. The molecule has 0 amide bonds. The Hall–Kier alpha value is -1.06. The van der Waals surface area contributed by atoms with E-state index >= 15 is 0 Å². The van der Waals surface area contributed by atoms with Gasteiger partial charge in [-0.1, -0.05) is 32.9 Å². The second-order valence-electron chi connectivity index (χ2n) is 9.03. The van der Waals surface area contributed by atoms with Gasteiger partial charge in [-0.15, -0.1) is 0 Å². The van der Waals surface area contributed by atoms with E-state index in [9.17, 15) is 0 Å². The molecule has 4 saturated heterocycles. The van der Waals surface area contributed by atoms with E-state index in [4.69, 9.17) is 0 Å². The predicted molar refractivity (Wildman–Crippen MR) is 102 cm³/mol. The smallest absolute Gasteiger partial charge is 0.0367 e. The number of piperazine rings is 1. The van der Waals surface area contributed by atoms with Crippen LogP contribution in [0.3, 0.4) is 0 Å². The quantitative estimate of drug-likeness (QED) is 0.826. The number of rotatable bonds is 2. The lowest BCUT2D eigenvalue weighted by Gasteiger charge is -2.51. The van der Waals surface area contributed by atoms with Gasteiger partial charge < -0.3 is 9.80 Å². The summed E-state index contributed by atoms with van der Waals surface area (Å²) >= 11 is 0. The van der Waals surface area contributed by atoms with Crippen molar-refractivity contribution in [2.24, 2.45) is 5.92 Å². The maximum Gasteiger partial charge on any atom is 0.0367 e. The van der Waals surface area contributed by atoms with Gasteiger partial charge in [0.1, 0.15) is 0 Å². The Bertz CT molecular complexity index is 543. The molecule has 0 aliphatic carbocycles. The highest BCUT2D eigenvalue weighted by Gasteiger charge is 2.38. The molecule has 1 unspecified atom stereocenters. The van der Waals surface area contributed by atoms with Crippen molar-refractivity contribution in [1.29, 1.82) is 0 Å². The monoisotopic (exact) mass is 327 g/mol. The third-order valence-electron chi connectivity index (χ3n) is 6.50. The summed E-state index contributed by atoms with van der Waals surface area (Å²) < 4.78 is 0. The van der Waals surface area contributed by atoms with Crippen LogP contribution in [0.4, 0.5) is 5.69 Å². The molecule has 4 heterocycles. The van der Waals surface area contributed by atoms with Crippen LogP contribution >= 0.6 is 0 Å². The summed E-state index contributed by atoms with van der Waals surface area (Å²) in [5.41, 5.74) is 3.07. The molecule has 0 aromatic heterocycles. The Kier molecular flexibility index (Phi) is 4.34. The minimum absolute atomic E-state index is 0.243. The van der Waals surface area contributed by atoms with Gasteiger partial charge in [-0.2, -0.15) is 0 Å². The lowest BCUT2D eigenvalue weighted by molar-refractivity contribution is 0.00311. The van der Waals surface area contributed by atoms with E-state index in [0.29, 0.717) is 0 Å². The number of anilines is 1. The molecule has 3 nitrogen and oxygen atoms in total. The second kappa shape index (κ2) is 6.34. The molecule has 2 bridgehead atoms. The van der Waals surface area contributed by atoms with Gasteiger partial charge in [-0.05, 0) is 55.0 Å². The molecule has 0 saturated carbocycles. The highest BCUT2D eigenvalue weighted by Crippen LogP contribution is 2.32. The molecule has 0 spiro atoms. The molecule has 132 valence electrons. The first kappa shape index (κ1) is 16.4. The first-order valence-electron chi connectivity index (χ1n) is 9.82. The topological polar surface area (TPSA) is 9.72 Å². The van der Waals surface area contributed by atoms with Crippen LogP contribution in [0.25, 0.3) is 0 Å². The van der Waals surface area contributed by atoms with Crippen molar-refractivity contribution in [2.75, 3.05) is 50.7 Å². The van der Waals surface area contributed by atoms with E-state index in [1.54, 1.807) is 0 Å². The molecule has 0 radical (unpaired) electrons.